The minimum atomic E-state index is -1.03. The van der Waals surface area contributed by atoms with Crippen LogP contribution in [0.4, 0.5) is 0 Å². The summed E-state index contributed by atoms with van der Waals surface area (Å²) in [6.45, 7) is 10.0. The zero-order chi connectivity index (χ0) is 11.0. The Hall–Kier alpha value is -0.613. The maximum Gasteiger partial charge on any atom is 0.332 e. The van der Waals surface area contributed by atoms with Crippen LogP contribution in [-0.4, -0.2) is 33.8 Å². The average Bonchev–Trinajstić information content (AvgIpc) is 2.17. The Morgan fingerprint density at radius 3 is 2.43 bits per heavy atom. The van der Waals surface area contributed by atoms with Gasteiger partial charge in [0.05, 0.1) is 6.23 Å². The number of ether oxygens (including phenoxy) is 2. The molecule has 82 valence electrons. The van der Waals surface area contributed by atoms with E-state index in [2.05, 4.69) is 13.5 Å². The Kier molecular flexibility index (Phi) is 7.42. The molecular formula is C10H20O3Si. The van der Waals surface area contributed by atoms with Gasteiger partial charge in [-0.15, -0.1) is 0 Å². The van der Waals surface area contributed by atoms with E-state index in [1.165, 1.54) is 0 Å². The van der Waals surface area contributed by atoms with Gasteiger partial charge in [-0.1, -0.05) is 19.5 Å². The lowest BCUT2D eigenvalue weighted by Gasteiger charge is -2.13. The lowest BCUT2D eigenvalue weighted by molar-refractivity contribution is -0.137. The molecule has 4 heteroatoms. The van der Waals surface area contributed by atoms with Gasteiger partial charge in [-0.05, 0) is 13.8 Å². The molecular weight excluding hydrogens is 196 g/mol. The van der Waals surface area contributed by atoms with Gasteiger partial charge in [0.25, 0.3) is 0 Å². The van der Waals surface area contributed by atoms with Crippen molar-refractivity contribution in [3.05, 3.63) is 12.2 Å². The highest BCUT2D eigenvalue weighted by Gasteiger charge is 2.12. The number of esters is 1. The number of hydrogen-bond acceptors (Lipinski definition) is 3. The summed E-state index contributed by atoms with van der Waals surface area (Å²) in [4.78, 5) is 11.1. The van der Waals surface area contributed by atoms with Gasteiger partial charge in [0, 0.05) is 18.4 Å². The SMILES string of the molecule is C=C(C)C(=O)OC[SiH](CC)COCC. The van der Waals surface area contributed by atoms with E-state index in [-0.39, 0.29) is 5.97 Å². The molecule has 0 radical (unpaired) electrons. The van der Waals surface area contributed by atoms with Crippen LogP contribution in [-0.2, 0) is 14.3 Å². The maximum atomic E-state index is 11.1. The lowest BCUT2D eigenvalue weighted by Crippen LogP contribution is -2.28. The molecule has 3 nitrogen and oxygen atoms in total. The third-order valence-corrected chi connectivity index (χ3v) is 4.43. The number of rotatable bonds is 7. The molecule has 0 spiro atoms. The zero-order valence-corrected chi connectivity index (χ0v) is 10.5. The number of hydrogen-bond donors (Lipinski definition) is 0. The molecule has 0 aliphatic carbocycles. The van der Waals surface area contributed by atoms with Crippen molar-refractivity contribution in [3.8, 4) is 0 Å². The van der Waals surface area contributed by atoms with Gasteiger partial charge in [-0.2, -0.15) is 0 Å². The highest BCUT2D eigenvalue weighted by Crippen LogP contribution is 1.98. The van der Waals surface area contributed by atoms with E-state index < -0.39 is 8.80 Å². The molecule has 0 fully saturated rings. The van der Waals surface area contributed by atoms with Gasteiger partial charge in [-0.3, -0.25) is 0 Å². The molecule has 0 bridgehead atoms. The Labute approximate surface area is 87.7 Å². The summed E-state index contributed by atoms with van der Waals surface area (Å²) in [6, 6.07) is 1.09. The van der Waals surface area contributed by atoms with Gasteiger partial charge in [-0.25, -0.2) is 4.79 Å². The molecule has 0 aliphatic rings. The summed E-state index contributed by atoms with van der Waals surface area (Å²) in [5.41, 5.74) is 0.463. The summed E-state index contributed by atoms with van der Waals surface area (Å²) in [6.07, 6.45) is 1.35. The quantitative estimate of drug-likeness (QED) is 0.367. The van der Waals surface area contributed by atoms with Gasteiger partial charge < -0.3 is 9.47 Å². The maximum absolute atomic E-state index is 11.1. The van der Waals surface area contributed by atoms with E-state index in [0.717, 1.165) is 18.9 Å². The van der Waals surface area contributed by atoms with Crippen LogP contribution in [0, 0.1) is 0 Å². The third kappa shape index (κ3) is 5.94. The normalized spacial score (nSPS) is 12.2. The van der Waals surface area contributed by atoms with Crippen LogP contribution in [0.15, 0.2) is 12.2 Å². The van der Waals surface area contributed by atoms with Gasteiger partial charge >= 0.3 is 5.97 Å². The summed E-state index contributed by atoms with van der Waals surface area (Å²) in [5, 5.41) is 0. The Morgan fingerprint density at radius 1 is 1.36 bits per heavy atom. The second-order valence-electron chi connectivity index (χ2n) is 3.31. The minimum absolute atomic E-state index is 0.285. The zero-order valence-electron chi connectivity index (χ0n) is 9.34. The minimum Gasteiger partial charge on any atom is -0.466 e. The van der Waals surface area contributed by atoms with E-state index >= 15 is 0 Å². The van der Waals surface area contributed by atoms with Crippen molar-refractivity contribution >= 4 is 14.8 Å². The van der Waals surface area contributed by atoms with Crippen molar-refractivity contribution in [2.75, 3.05) is 19.1 Å². The molecule has 0 aliphatic heterocycles. The molecule has 14 heavy (non-hydrogen) atoms. The second-order valence-corrected chi connectivity index (χ2v) is 6.53. The fourth-order valence-corrected chi connectivity index (χ4v) is 2.41. The standard InChI is InChI=1S/C10H20O3Si/c1-5-12-7-14(6-2)8-13-10(11)9(3)4/h14H,3,5-8H2,1-2,4H3. The van der Waals surface area contributed by atoms with E-state index in [0.29, 0.717) is 11.8 Å². The van der Waals surface area contributed by atoms with Crippen molar-refractivity contribution in [1.29, 1.82) is 0 Å². The molecule has 0 rings (SSSR count). The van der Waals surface area contributed by atoms with Crippen LogP contribution in [0.5, 0.6) is 0 Å². The first-order chi connectivity index (χ1) is 6.61. The summed E-state index contributed by atoms with van der Waals surface area (Å²) < 4.78 is 10.4. The predicted octanol–water partition coefficient (Wildman–Crippen LogP) is 1.47. The predicted molar refractivity (Wildman–Crippen MR) is 59.9 cm³/mol. The highest BCUT2D eigenvalue weighted by molar-refractivity contribution is 6.58. The molecule has 0 N–H and O–H groups in total. The van der Waals surface area contributed by atoms with Crippen LogP contribution in [0.2, 0.25) is 6.04 Å². The van der Waals surface area contributed by atoms with Crippen LogP contribution >= 0.6 is 0 Å². The van der Waals surface area contributed by atoms with Crippen molar-refractivity contribution < 1.29 is 14.3 Å². The molecule has 0 heterocycles. The lowest BCUT2D eigenvalue weighted by atomic mass is 10.4. The van der Waals surface area contributed by atoms with Crippen LogP contribution in [0.25, 0.3) is 0 Å². The van der Waals surface area contributed by atoms with E-state index in [9.17, 15) is 4.79 Å². The monoisotopic (exact) mass is 216 g/mol. The smallest absolute Gasteiger partial charge is 0.332 e. The summed E-state index contributed by atoms with van der Waals surface area (Å²) >= 11 is 0. The molecule has 1 atom stereocenters. The number of carbonyl (C=O) groups excluding carboxylic acids is 1. The van der Waals surface area contributed by atoms with Crippen molar-refractivity contribution in [1.82, 2.24) is 0 Å². The molecule has 0 aromatic heterocycles. The van der Waals surface area contributed by atoms with Crippen LogP contribution < -0.4 is 0 Å². The molecule has 0 saturated heterocycles. The number of carbonyl (C=O) groups is 1. The molecule has 0 aromatic carbocycles. The molecule has 0 amide bonds. The van der Waals surface area contributed by atoms with E-state index in [1.54, 1.807) is 6.92 Å². The topological polar surface area (TPSA) is 35.5 Å². The second kappa shape index (κ2) is 7.76. The molecule has 0 aromatic rings. The molecule has 0 saturated carbocycles. The molecule has 1 unspecified atom stereocenters. The summed E-state index contributed by atoms with van der Waals surface area (Å²) in [5.74, 6) is -0.285. The third-order valence-electron chi connectivity index (χ3n) is 1.93. The Bertz CT molecular complexity index is 192. The Balaban J connectivity index is 3.71. The first-order valence-electron chi connectivity index (χ1n) is 5.02. The van der Waals surface area contributed by atoms with Crippen molar-refractivity contribution in [3.63, 3.8) is 0 Å². The van der Waals surface area contributed by atoms with E-state index in [1.807, 2.05) is 6.92 Å². The first-order valence-corrected chi connectivity index (χ1v) is 7.47. The average molecular weight is 216 g/mol. The first kappa shape index (κ1) is 13.4. The van der Waals surface area contributed by atoms with Gasteiger partial charge in [0.1, 0.15) is 8.80 Å². The highest BCUT2D eigenvalue weighted by atomic mass is 28.3. The van der Waals surface area contributed by atoms with Gasteiger partial charge in [0.15, 0.2) is 0 Å². The van der Waals surface area contributed by atoms with Crippen LogP contribution in [0.3, 0.4) is 0 Å². The van der Waals surface area contributed by atoms with Crippen LogP contribution in [0.1, 0.15) is 20.8 Å². The Morgan fingerprint density at radius 2 is 2.00 bits per heavy atom. The fourth-order valence-electron chi connectivity index (χ4n) is 0.885. The van der Waals surface area contributed by atoms with Gasteiger partial charge in [0.2, 0.25) is 0 Å². The summed E-state index contributed by atoms with van der Waals surface area (Å²) in [7, 11) is -1.03. The fraction of sp³-hybridized carbons (Fsp3) is 0.700. The largest absolute Gasteiger partial charge is 0.466 e. The van der Waals surface area contributed by atoms with Crippen molar-refractivity contribution in [2.24, 2.45) is 0 Å². The van der Waals surface area contributed by atoms with E-state index in [4.69, 9.17) is 9.47 Å². The van der Waals surface area contributed by atoms with Crippen molar-refractivity contribution in [2.45, 2.75) is 26.8 Å².